The Bertz CT molecular complexity index is 390. The normalized spacial score (nSPS) is 27.4. The molecule has 0 amide bonds. The SMILES string of the molecule is Cc1ccccc1NCCN1CC2CCCC2C1. The maximum Gasteiger partial charge on any atom is 0.0370 e. The van der Waals surface area contributed by atoms with E-state index in [1.807, 2.05) is 0 Å². The van der Waals surface area contributed by atoms with Crippen molar-refractivity contribution in [1.82, 2.24) is 4.90 Å². The van der Waals surface area contributed by atoms with Gasteiger partial charge in [-0.25, -0.2) is 0 Å². The number of anilines is 1. The molecule has 98 valence electrons. The van der Waals surface area contributed by atoms with Crippen molar-refractivity contribution in [2.24, 2.45) is 11.8 Å². The Labute approximate surface area is 110 Å². The van der Waals surface area contributed by atoms with Crippen molar-refractivity contribution >= 4 is 5.69 Å². The number of aryl methyl sites for hydroxylation is 1. The van der Waals surface area contributed by atoms with Crippen molar-refractivity contribution in [2.45, 2.75) is 26.2 Å². The van der Waals surface area contributed by atoms with Gasteiger partial charge in [0.2, 0.25) is 0 Å². The summed E-state index contributed by atoms with van der Waals surface area (Å²) in [6.07, 6.45) is 4.43. The number of benzene rings is 1. The molecule has 2 nitrogen and oxygen atoms in total. The molecule has 0 radical (unpaired) electrons. The first-order valence-electron chi connectivity index (χ1n) is 7.35. The monoisotopic (exact) mass is 244 g/mol. The van der Waals surface area contributed by atoms with Crippen molar-refractivity contribution < 1.29 is 0 Å². The Kier molecular flexibility index (Phi) is 3.55. The van der Waals surface area contributed by atoms with Gasteiger partial charge in [0.25, 0.3) is 0 Å². The number of hydrogen-bond donors (Lipinski definition) is 1. The average Bonchev–Trinajstić information content (AvgIpc) is 2.92. The Morgan fingerprint density at radius 3 is 2.61 bits per heavy atom. The Balaban J connectivity index is 1.44. The minimum Gasteiger partial charge on any atom is -0.384 e. The quantitative estimate of drug-likeness (QED) is 0.875. The number of fused-ring (bicyclic) bond motifs is 1. The average molecular weight is 244 g/mol. The molecule has 0 spiro atoms. The molecule has 1 heterocycles. The van der Waals surface area contributed by atoms with Gasteiger partial charge in [-0.1, -0.05) is 24.6 Å². The zero-order valence-corrected chi connectivity index (χ0v) is 11.4. The Morgan fingerprint density at radius 2 is 1.89 bits per heavy atom. The maximum absolute atomic E-state index is 3.56. The first-order valence-corrected chi connectivity index (χ1v) is 7.35. The smallest absolute Gasteiger partial charge is 0.0370 e. The molecule has 0 bridgehead atoms. The van der Waals surface area contributed by atoms with Crippen molar-refractivity contribution in [1.29, 1.82) is 0 Å². The van der Waals surface area contributed by atoms with E-state index < -0.39 is 0 Å². The third-order valence-electron chi connectivity index (χ3n) is 4.69. The molecule has 1 N–H and O–H groups in total. The molecule has 1 aliphatic heterocycles. The highest BCUT2D eigenvalue weighted by Crippen LogP contribution is 2.37. The molecule has 0 aromatic heterocycles. The number of rotatable bonds is 4. The Hall–Kier alpha value is -1.02. The summed E-state index contributed by atoms with van der Waals surface area (Å²) in [7, 11) is 0. The third-order valence-corrected chi connectivity index (χ3v) is 4.69. The molecule has 3 rings (SSSR count). The van der Waals surface area contributed by atoms with Crippen LogP contribution < -0.4 is 5.32 Å². The van der Waals surface area contributed by atoms with Crippen LogP contribution in [0.1, 0.15) is 24.8 Å². The van der Waals surface area contributed by atoms with Gasteiger partial charge in [-0.3, -0.25) is 0 Å². The van der Waals surface area contributed by atoms with E-state index in [0.29, 0.717) is 0 Å². The highest BCUT2D eigenvalue weighted by molar-refractivity contribution is 5.50. The van der Waals surface area contributed by atoms with E-state index in [9.17, 15) is 0 Å². The highest BCUT2D eigenvalue weighted by atomic mass is 15.2. The van der Waals surface area contributed by atoms with Crippen LogP contribution in [0.3, 0.4) is 0 Å². The lowest BCUT2D eigenvalue weighted by molar-refractivity contribution is 0.323. The van der Waals surface area contributed by atoms with Gasteiger partial charge in [-0.2, -0.15) is 0 Å². The lowest BCUT2D eigenvalue weighted by atomic mass is 10.0. The van der Waals surface area contributed by atoms with Gasteiger partial charge in [0.15, 0.2) is 0 Å². The maximum atomic E-state index is 3.56. The van der Waals surface area contributed by atoms with Gasteiger partial charge in [-0.15, -0.1) is 0 Å². The summed E-state index contributed by atoms with van der Waals surface area (Å²) in [5.74, 6) is 2.03. The van der Waals surface area contributed by atoms with E-state index in [4.69, 9.17) is 0 Å². The zero-order chi connectivity index (χ0) is 12.4. The summed E-state index contributed by atoms with van der Waals surface area (Å²) in [6.45, 7) is 7.13. The first-order chi connectivity index (χ1) is 8.83. The second kappa shape index (κ2) is 5.31. The van der Waals surface area contributed by atoms with Crippen LogP contribution in [0.15, 0.2) is 24.3 Å². The molecular formula is C16H24N2. The van der Waals surface area contributed by atoms with Crippen LogP contribution in [0.4, 0.5) is 5.69 Å². The minimum absolute atomic E-state index is 1.02. The predicted molar refractivity (Wildman–Crippen MR) is 76.9 cm³/mol. The van der Waals surface area contributed by atoms with Gasteiger partial charge in [0.1, 0.15) is 0 Å². The fraction of sp³-hybridized carbons (Fsp3) is 0.625. The largest absolute Gasteiger partial charge is 0.384 e. The first kappa shape index (κ1) is 12.0. The van der Waals surface area contributed by atoms with E-state index >= 15 is 0 Å². The molecule has 1 aromatic rings. The fourth-order valence-corrected chi connectivity index (χ4v) is 3.63. The van der Waals surface area contributed by atoms with E-state index in [0.717, 1.165) is 18.4 Å². The molecule has 1 aliphatic carbocycles. The third kappa shape index (κ3) is 2.54. The van der Waals surface area contributed by atoms with E-state index in [1.165, 1.54) is 50.1 Å². The topological polar surface area (TPSA) is 15.3 Å². The summed E-state index contributed by atoms with van der Waals surface area (Å²) < 4.78 is 0. The molecule has 2 aliphatic rings. The fourth-order valence-electron chi connectivity index (χ4n) is 3.63. The molecular weight excluding hydrogens is 220 g/mol. The molecule has 18 heavy (non-hydrogen) atoms. The van der Waals surface area contributed by atoms with Crippen LogP contribution in [0.25, 0.3) is 0 Å². The molecule has 2 heteroatoms. The summed E-state index contributed by atoms with van der Waals surface area (Å²) >= 11 is 0. The molecule has 2 unspecified atom stereocenters. The van der Waals surface area contributed by atoms with Crippen LogP contribution in [-0.4, -0.2) is 31.1 Å². The zero-order valence-electron chi connectivity index (χ0n) is 11.4. The number of likely N-dealkylation sites (tertiary alicyclic amines) is 1. The highest BCUT2D eigenvalue weighted by Gasteiger charge is 2.35. The van der Waals surface area contributed by atoms with Gasteiger partial charge in [0, 0.05) is 31.9 Å². The molecule has 1 saturated carbocycles. The lowest BCUT2D eigenvalue weighted by Crippen LogP contribution is -2.27. The molecule has 1 aromatic carbocycles. The van der Waals surface area contributed by atoms with Crippen LogP contribution in [-0.2, 0) is 0 Å². The van der Waals surface area contributed by atoms with Crippen LogP contribution in [0.5, 0.6) is 0 Å². The second-order valence-corrected chi connectivity index (χ2v) is 5.95. The van der Waals surface area contributed by atoms with Crippen molar-refractivity contribution in [3.8, 4) is 0 Å². The van der Waals surface area contributed by atoms with Crippen LogP contribution in [0, 0.1) is 18.8 Å². The predicted octanol–water partition coefficient (Wildman–Crippen LogP) is 3.14. The second-order valence-electron chi connectivity index (χ2n) is 5.95. The van der Waals surface area contributed by atoms with Gasteiger partial charge >= 0.3 is 0 Å². The number of hydrogen-bond acceptors (Lipinski definition) is 2. The van der Waals surface area contributed by atoms with Crippen LogP contribution >= 0.6 is 0 Å². The summed E-state index contributed by atoms with van der Waals surface area (Å²) in [4.78, 5) is 2.65. The Morgan fingerprint density at radius 1 is 1.17 bits per heavy atom. The number of nitrogens with zero attached hydrogens (tertiary/aromatic N) is 1. The summed E-state index contributed by atoms with van der Waals surface area (Å²) in [5.41, 5.74) is 2.63. The standard InChI is InChI=1S/C16H24N2/c1-13-5-2-3-8-16(13)17-9-10-18-11-14-6-4-7-15(14)12-18/h2-3,5,8,14-15,17H,4,6-7,9-12H2,1H3. The number of para-hydroxylation sites is 1. The van der Waals surface area contributed by atoms with Crippen molar-refractivity contribution in [2.75, 3.05) is 31.5 Å². The van der Waals surface area contributed by atoms with Crippen molar-refractivity contribution in [3.05, 3.63) is 29.8 Å². The van der Waals surface area contributed by atoms with Gasteiger partial charge < -0.3 is 10.2 Å². The van der Waals surface area contributed by atoms with E-state index in [2.05, 4.69) is 41.4 Å². The summed E-state index contributed by atoms with van der Waals surface area (Å²) in [6, 6.07) is 8.55. The van der Waals surface area contributed by atoms with Gasteiger partial charge in [-0.05, 0) is 43.2 Å². The molecule has 2 atom stereocenters. The number of nitrogens with one attached hydrogen (secondary N) is 1. The van der Waals surface area contributed by atoms with Crippen molar-refractivity contribution in [3.63, 3.8) is 0 Å². The lowest BCUT2D eigenvalue weighted by Gasteiger charge is -2.18. The summed E-state index contributed by atoms with van der Waals surface area (Å²) in [5, 5.41) is 3.56. The molecule has 1 saturated heterocycles. The van der Waals surface area contributed by atoms with E-state index in [1.54, 1.807) is 0 Å². The van der Waals surface area contributed by atoms with E-state index in [-0.39, 0.29) is 0 Å². The van der Waals surface area contributed by atoms with Gasteiger partial charge in [0.05, 0.1) is 0 Å². The molecule has 2 fully saturated rings. The van der Waals surface area contributed by atoms with Crippen LogP contribution in [0.2, 0.25) is 0 Å². The minimum atomic E-state index is 1.02.